The molecule has 6 N–H and O–H groups in total. The average molecular weight is 407 g/mol. The maximum Gasteiger partial charge on any atom is 0.481 e. The van der Waals surface area contributed by atoms with E-state index in [4.69, 9.17) is 25.2 Å². The van der Waals surface area contributed by atoms with Gasteiger partial charge in [0.15, 0.2) is 0 Å². The molecule has 0 saturated carbocycles. The molecule has 0 aromatic carbocycles. The number of phosphoric acid groups is 2. The molecule has 0 fully saturated rings. The Bertz CT molecular complexity index is 724. The molecule has 3 atom stereocenters. The zero-order valence-electron chi connectivity index (χ0n) is 12.4. The summed E-state index contributed by atoms with van der Waals surface area (Å²) in [6.45, 7) is -2.86. The van der Waals surface area contributed by atoms with Gasteiger partial charge >= 0.3 is 21.3 Å². The van der Waals surface area contributed by atoms with Gasteiger partial charge in [0.2, 0.25) is 0 Å². The minimum atomic E-state index is -5.33. The number of nitrogen functional groups attached to an aromatic ring is 1. The summed E-state index contributed by atoms with van der Waals surface area (Å²) in [4.78, 5) is 40.9. The highest BCUT2D eigenvalue weighted by Crippen LogP contribution is 2.57. The summed E-state index contributed by atoms with van der Waals surface area (Å²) in [6, 6.07) is 1.26. The first kappa shape index (κ1) is 21.8. The van der Waals surface area contributed by atoms with E-state index >= 15 is 0 Å². The van der Waals surface area contributed by atoms with Crippen LogP contribution in [0.5, 0.6) is 0 Å². The van der Waals surface area contributed by atoms with Crippen molar-refractivity contribution in [2.45, 2.75) is 18.9 Å². The lowest BCUT2D eigenvalue weighted by atomic mass is 10.2. The van der Waals surface area contributed by atoms with Crippen molar-refractivity contribution in [1.82, 2.24) is 9.55 Å². The molecule has 0 bridgehead atoms. The number of aliphatic hydroxyl groups excluding tert-OH is 1. The van der Waals surface area contributed by atoms with Gasteiger partial charge in [0, 0.05) is 6.20 Å². The molecule has 16 heteroatoms. The van der Waals surface area contributed by atoms with Gasteiger partial charge < -0.3 is 30.3 Å². The fraction of sp³-hybridized carbons (Fsp3) is 0.556. The maximum absolute atomic E-state index is 12.6. The van der Waals surface area contributed by atoms with Crippen LogP contribution in [0.3, 0.4) is 0 Å². The van der Waals surface area contributed by atoms with Crippen LogP contribution in [0.25, 0.3) is 0 Å². The summed E-state index contributed by atoms with van der Waals surface area (Å²) in [5.74, 6) is -0.0549. The Kier molecular flexibility index (Phi) is 7.81. The first-order valence-electron chi connectivity index (χ1n) is 6.36. The Morgan fingerprint density at radius 3 is 2.52 bits per heavy atom. The highest BCUT2D eigenvalue weighted by molar-refractivity contribution is 7.60. The fourth-order valence-electron chi connectivity index (χ4n) is 1.41. The van der Waals surface area contributed by atoms with E-state index in [0.29, 0.717) is 0 Å². The number of aliphatic hydroxyl groups is 1. The normalized spacial score (nSPS) is 17.0. The monoisotopic (exact) mass is 407 g/mol. The van der Waals surface area contributed by atoms with Crippen LogP contribution in [0.1, 0.15) is 0 Å². The smallest absolute Gasteiger partial charge is 0.388 e. The van der Waals surface area contributed by atoms with Crippen LogP contribution in [-0.2, 0) is 29.4 Å². The number of aromatic nitrogens is 2. The first-order valence-corrected chi connectivity index (χ1v) is 9.39. The molecule has 25 heavy (non-hydrogen) atoms. The minimum absolute atomic E-state index is 0.0549. The molecule has 144 valence electrons. The number of hydrogen-bond donors (Lipinski definition) is 5. The number of nitrogens with two attached hydrogens (primary N) is 1. The van der Waals surface area contributed by atoms with Gasteiger partial charge in [-0.25, -0.2) is 18.3 Å². The second-order valence-corrected chi connectivity index (χ2v) is 7.33. The van der Waals surface area contributed by atoms with Crippen LogP contribution in [0.2, 0.25) is 0 Å². The Morgan fingerprint density at radius 2 is 2.00 bits per heavy atom. The number of anilines is 1. The number of ether oxygens (including phenoxy) is 1. The number of hydrogen-bond acceptors (Lipinski definition) is 9. The molecule has 13 nitrogen and oxygen atoms in total. The molecule has 0 saturated heterocycles. The largest absolute Gasteiger partial charge is 0.481 e. The van der Waals surface area contributed by atoms with Gasteiger partial charge in [-0.1, -0.05) is 0 Å². The van der Waals surface area contributed by atoms with E-state index in [1.807, 2.05) is 0 Å². The lowest BCUT2D eigenvalue weighted by Gasteiger charge is -2.22. The second-order valence-electron chi connectivity index (χ2n) is 4.50. The van der Waals surface area contributed by atoms with Crippen LogP contribution in [0.15, 0.2) is 17.1 Å². The van der Waals surface area contributed by atoms with Crippen LogP contribution in [0.4, 0.5) is 10.2 Å². The molecule has 0 amide bonds. The van der Waals surface area contributed by atoms with Crippen molar-refractivity contribution in [2.24, 2.45) is 0 Å². The predicted octanol–water partition coefficient (Wildman–Crippen LogP) is -1.28. The minimum Gasteiger partial charge on any atom is -0.388 e. The number of nitrogens with zero attached hydrogens (tertiary/aromatic N) is 2. The SMILES string of the molecule is Nc1ccn(CO[C@H](COP(=O)(O)OP(=O)(O)O)C(O)CF)c(=O)n1. The van der Waals surface area contributed by atoms with Crippen molar-refractivity contribution < 1.29 is 46.9 Å². The van der Waals surface area contributed by atoms with E-state index in [1.165, 1.54) is 12.3 Å². The lowest BCUT2D eigenvalue weighted by Crippen LogP contribution is -2.37. The van der Waals surface area contributed by atoms with Gasteiger partial charge in [-0.2, -0.15) is 9.29 Å². The Balaban J connectivity index is 2.73. The summed E-state index contributed by atoms with van der Waals surface area (Å²) in [6.07, 6.45) is -2.21. The molecule has 1 aromatic rings. The van der Waals surface area contributed by atoms with Gasteiger partial charge in [-0.3, -0.25) is 9.09 Å². The summed E-state index contributed by atoms with van der Waals surface area (Å²) in [7, 11) is -10.5. The quantitative estimate of drug-likeness (QED) is 0.288. The van der Waals surface area contributed by atoms with Crippen molar-refractivity contribution in [3.63, 3.8) is 0 Å². The molecule has 0 radical (unpaired) electrons. The standard InChI is InChI=1S/C9H16FN3O10P2/c10-3-6(14)7(4-22-25(19,20)23-24(16,17)18)21-5-13-2-1-8(11)12-9(13)15/h1-2,6-7,14H,3-5H2,(H,19,20)(H2,11,12,15)(H2,16,17,18)/t6?,7-/m1/s1. The summed E-state index contributed by atoms with van der Waals surface area (Å²) < 4.78 is 48.1. The third kappa shape index (κ3) is 8.14. The van der Waals surface area contributed by atoms with Crippen molar-refractivity contribution in [2.75, 3.05) is 19.0 Å². The number of halogens is 1. The van der Waals surface area contributed by atoms with Crippen molar-refractivity contribution in [3.05, 3.63) is 22.7 Å². The lowest BCUT2D eigenvalue weighted by molar-refractivity contribution is -0.0921. The summed E-state index contributed by atoms with van der Waals surface area (Å²) >= 11 is 0. The highest BCUT2D eigenvalue weighted by atomic mass is 31.3. The molecule has 0 aliphatic carbocycles. The van der Waals surface area contributed by atoms with Crippen LogP contribution in [0, 0.1) is 0 Å². The van der Waals surface area contributed by atoms with E-state index in [0.717, 1.165) is 4.57 Å². The molecule has 0 spiro atoms. The van der Waals surface area contributed by atoms with Gasteiger partial charge in [0.1, 0.15) is 31.4 Å². The highest BCUT2D eigenvalue weighted by Gasteiger charge is 2.34. The molecule has 1 aromatic heterocycles. The van der Waals surface area contributed by atoms with E-state index in [-0.39, 0.29) is 5.82 Å². The maximum atomic E-state index is 12.6. The topological polar surface area (TPSA) is 204 Å². The zero-order valence-corrected chi connectivity index (χ0v) is 14.2. The average Bonchev–Trinajstić information content (AvgIpc) is 2.45. The number of rotatable bonds is 10. The molecular formula is C9H16FN3O10P2. The molecule has 1 rings (SSSR count). The third-order valence-corrected chi connectivity index (χ3v) is 4.67. The van der Waals surface area contributed by atoms with E-state index in [2.05, 4.69) is 13.8 Å². The number of alkyl halides is 1. The fourth-order valence-corrected chi connectivity index (χ4v) is 3.01. The molecule has 0 aliphatic heterocycles. The van der Waals surface area contributed by atoms with Gasteiger partial charge in [-0.15, -0.1) is 0 Å². The van der Waals surface area contributed by atoms with Crippen molar-refractivity contribution >= 4 is 21.5 Å². The Hall–Kier alpha value is -1.21. The van der Waals surface area contributed by atoms with Crippen LogP contribution in [-0.4, -0.2) is 54.8 Å². The van der Waals surface area contributed by atoms with Gasteiger partial charge in [0.25, 0.3) is 0 Å². The van der Waals surface area contributed by atoms with Gasteiger partial charge in [-0.05, 0) is 6.07 Å². The van der Waals surface area contributed by atoms with Crippen LogP contribution >= 0.6 is 15.6 Å². The zero-order chi connectivity index (χ0) is 19.3. The van der Waals surface area contributed by atoms with Crippen molar-refractivity contribution in [1.29, 1.82) is 0 Å². The molecule has 0 aliphatic rings. The Labute approximate surface area is 139 Å². The van der Waals surface area contributed by atoms with Crippen LogP contribution < -0.4 is 11.4 Å². The van der Waals surface area contributed by atoms with Crippen molar-refractivity contribution in [3.8, 4) is 0 Å². The summed E-state index contributed by atoms with van der Waals surface area (Å²) in [5, 5.41) is 9.47. The van der Waals surface area contributed by atoms with E-state index in [1.54, 1.807) is 0 Å². The number of phosphoric ester groups is 1. The Morgan fingerprint density at radius 1 is 1.36 bits per heavy atom. The van der Waals surface area contributed by atoms with E-state index in [9.17, 15) is 23.4 Å². The molecule has 1 heterocycles. The molecule has 2 unspecified atom stereocenters. The predicted molar refractivity (Wildman–Crippen MR) is 78.7 cm³/mol. The van der Waals surface area contributed by atoms with E-state index < -0.39 is 53.6 Å². The second kappa shape index (κ2) is 8.94. The summed E-state index contributed by atoms with van der Waals surface area (Å²) in [5.41, 5.74) is 4.47. The van der Waals surface area contributed by atoms with Gasteiger partial charge in [0.05, 0.1) is 6.61 Å². The third-order valence-electron chi connectivity index (χ3n) is 2.52. The first-order chi connectivity index (χ1) is 11.4. The molecular weight excluding hydrogens is 391 g/mol.